The average molecular weight is 469 g/mol. The van der Waals surface area contributed by atoms with Gasteiger partial charge in [-0.25, -0.2) is 0 Å². The number of ether oxygens (including phenoxy) is 1. The van der Waals surface area contributed by atoms with Crippen molar-refractivity contribution < 1.29 is 19.4 Å². The topological polar surface area (TPSA) is 127 Å². The van der Waals surface area contributed by atoms with E-state index in [9.17, 15) is 14.7 Å². The molecule has 3 atom stereocenters. The molecule has 35 heavy (non-hydrogen) atoms. The van der Waals surface area contributed by atoms with Crippen LogP contribution in [-0.2, 0) is 10.3 Å². The van der Waals surface area contributed by atoms with E-state index in [0.29, 0.717) is 28.8 Å². The van der Waals surface area contributed by atoms with Crippen molar-refractivity contribution in [3.8, 4) is 5.75 Å². The first-order valence-corrected chi connectivity index (χ1v) is 11.6. The van der Waals surface area contributed by atoms with Gasteiger partial charge in [-0.3, -0.25) is 19.6 Å². The summed E-state index contributed by atoms with van der Waals surface area (Å²) in [6, 6.07) is 9.75. The highest BCUT2D eigenvalue weighted by atomic mass is 16.6. The van der Waals surface area contributed by atoms with Gasteiger partial charge in [-0.1, -0.05) is 38.1 Å². The van der Waals surface area contributed by atoms with Crippen LogP contribution in [0.1, 0.15) is 47.7 Å². The smallest absolute Gasteiger partial charge is 0.270 e. The van der Waals surface area contributed by atoms with Gasteiger partial charge < -0.3 is 20.9 Å². The molecule has 0 fully saturated rings. The van der Waals surface area contributed by atoms with Crippen LogP contribution in [0.3, 0.4) is 0 Å². The molecular weight excluding hydrogens is 444 g/mol. The third-order valence-electron chi connectivity index (χ3n) is 7.16. The Morgan fingerprint density at radius 2 is 1.94 bits per heavy atom. The third kappa shape index (κ3) is 2.81. The molecule has 2 aromatic carbocycles. The van der Waals surface area contributed by atoms with Gasteiger partial charge in [0.1, 0.15) is 5.75 Å². The van der Waals surface area contributed by atoms with E-state index in [0.717, 1.165) is 5.56 Å². The van der Waals surface area contributed by atoms with E-state index in [1.807, 2.05) is 26.0 Å². The maximum absolute atomic E-state index is 14.1. The predicted molar refractivity (Wildman–Crippen MR) is 129 cm³/mol. The normalized spacial score (nSPS) is 26.5. The number of carbonyl (C=O) groups excluding carboxylic acids is 2. The fourth-order valence-corrected chi connectivity index (χ4v) is 5.33. The summed E-state index contributed by atoms with van der Waals surface area (Å²) in [5.41, 5.74) is 7.83. The van der Waals surface area contributed by atoms with Crippen molar-refractivity contribution in [3.05, 3.63) is 88.8 Å². The van der Waals surface area contributed by atoms with Crippen LogP contribution in [0.4, 0.5) is 0 Å². The Morgan fingerprint density at radius 1 is 1.17 bits per heavy atom. The number of ketones is 1. The zero-order valence-corrected chi connectivity index (χ0v) is 19.3. The van der Waals surface area contributed by atoms with Crippen LogP contribution in [0.15, 0.2) is 72.1 Å². The van der Waals surface area contributed by atoms with E-state index >= 15 is 0 Å². The number of nitrogens with zero attached hydrogens (tertiary/aromatic N) is 2. The average Bonchev–Trinajstić information content (AvgIpc) is 3.21. The molecule has 176 valence electrons. The number of fused-ring (bicyclic) bond motifs is 5. The molecule has 3 aromatic rings. The summed E-state index contributed by atoms with van der Waals surface area (Å²) in [5.74, 6) is -2.58. The number of nitrogens with two attached hydrogens (primary N) is 1. The number of carbonyl (C=O) groups is 2. The van der Waals surface area contributed by atoms with E-state index in [1.54, 1.807) is 48.8 Å². The van der Waals surface area contributed by atoms with E-state index in [-0.39, 0.29) is 22.6 Å². The fraction of sp³-hybridized carbons (Fsp3) is 0.259. The van der Waals surface area contributed by atoms with Crippen LogP contribution in [0.2, 0.25) is 0 Å². The molecule has 0 saturated carbocycles. The summed E-state index contributed by atoms with van der Waals surface area (Å²) in [7, 11) is 0. The van der Waals surface area contributed by atoms with Crippen LogP contribution in [0.5, 0.6) is 5.75 Å². The molecule has 8 nitrogen and oxygen atoms in total. The molecule has 1 aliphatic heterocycles. The summed E-state index contributed by atoms with van der Waals surface area (Å²) in [6.45, 7) is 4.09. The highest BCUT2D eigenvalue weighted by molar-refractivity contribution is 6.14. The van der Waals surface area contributed by atoms with Crippen LogP contribution < -0.4 is 15.8 Å². The number of hydrogen-bond acceptors (Lipinski definition) is 7. The van der Waals surface area contributed by atoms with Crippen molar-refractivity contribution in [2.24, 2.45) is 5.73 Å². The zero-order valence-electron chi connectivity index (χ0n) is 19.3. The monoisotopic (exact) mass is 468 g/mol. The van der Waals surface area contributed by atoms with Gasteiger partial charge in [-0.05, 0) is 42.2 Å². The molecule has 2 heterocycles. The molecule has 1 amide bonds. The Hall–Kier alpha value is -3.88. The summed E-state index contributed by atoms with van der Waals surface area (Å²) in [5, 5.41) is 14.9. The number of Topliss-reactive ketones (excluding diaryl/α,β-unsaturated/α-hetero) is 1. The minimum Gasteiger partial charge on any atom is -0.454 e. The van der Waals surface area contributed by atoms with Crippen molar-refractivity contribution in [1.29, 1.82) is 0 Å². The lowest BCUT2D eigenvalue weighted by Gasteiger charge is -2.35. The van der Waals surface area contributed by atoms with Crippen molar-refractivity contribution in [3.63, 3.8) is 0 Å². The number of aromatic nitrogens is 2. The Kier molecular flexibility index (Phi) is 4.52. The second-order valence-electron chi connectivity index (χ2n) is 9.52. The van der Waals surface area contributed by atoms with Crippen molar-refractivity contribution in [2.45, 2.75) is 43.6 Å². The summed E-state index contributed by atoms with van der Waals surface area (Å²) in [4.78, 5) is 36.2. The highest BCUT2D eigenvalue weighted by Gasteiger charge is 2.72. The lowest BCUT2D eigenvalue weighted by atomic mass is 9.80. The van der Waals surface area contributed by atoms with E-state index < -0.39 is 29.1 Å². The first kappa shape index (κ1) is 21.6. The zero-order chi connectivity index (χ0) is 24.5. The second kappa shape index (κ2) is 7.31. The molecule has 0 radical (unpaired) electrons. The van der Waals surface area contributed by atoms with Crippen molar-refractivity contribution in [1.82, 2.24) is 15.3 Å². The maximum atomic E-state index is 14.1. The number of hydrogen-bond donors (Lipinski definition) is 3. The van der Waals surface area contributed by atoms with E-state index in [2.05, 4.69) is 15.3 Å². The molecule has 3 aliphatic rings. The SMILES string of the molecule is CC(C)c1ccc2c(c1)OC1(O)C3=C(C(=O)C21NC(=O)c1ccc2nccnc2c1)C(N)CC=C3. The maximum Gasteiger partial charge on any atom is 0.270 e. The van der Waals surface area contributed by atoms with Gasteiger partial charge >= 0.3 is 0 Å². The van der Waals surface area contributed by atoms with Gasteiger partial charge in [0.2, 0.25) is 5.54 Å². The molecular formula is C27H24N4O4. The minimum absolute atomic E-state index is 0.205. The van der Waals surface area contributed by atoms with Gasteiger partial charge in [0.15, 0.2) is 5.78 Å². The number of benzene rings is 2. The summed E-state index contributed by atoms with van der Waals surface area (Å²) < 4.78 is 6.14. The van der Waals surface area contributed by atoms with Crippen molar-refractivity contribution >= 4 is 22.7 Å². The number of rotatable bonds is 3. The molecule has 0 bridgehead atoms. The largest absolute Gasteiger partial charge is 0.454 e. The Morgan fingerprint density at radius 3 is 2.71 bits per heavy atom. The van der Waals surface area contributed by atoms with Gasteiger partial charge in [0.05, 0.1) is 11.0 Å². The third-order valence-corrected chi connectivity index (χ3v) is 7.16. The van der Waals surface area contributed by atoms with Crippen LogP contribution in [0, 0.1) is 0 Å². The standard InChI is InChI=1S/C27H24N4O4/c1-14(2)15-6-8-17-22(13-15)35-27(34)18-4-3-5-19(28)23(18)24(32)26(17,27)31-25(33)16-7-9-20-21(12-16)30-11-10-29-20/h3-4,6-14,19,34H,5,28H2,1-2H3,(H,31,33). The molecule has 0 saturated heterocycles. The first-order chi connectivity index (χ1) is 16.8. The van der Waals surface area contributed by atoms with Crippen LogP contribution in [0.25, 0.3) is 11.0 Å². The molecule has 4 N–H and O–H groups in total. The van der Waals surface area contributed by atoms with Gasteiger partial charge in [0, 0.05) is 40.7 Å². The van der Waals surface area contributed by atoms with Crippen LogP contribution in [-0.4, -0.2) is 38.6 Å². The lowest BCUT2D eigenvalue weighted by molar-refractivity contribution is -0.154. The number of aliphatic hydroxyl groups is 1. The first-order valence-electron chi connectivity index (χ1n) is 11.6. The van der Waals surface area contributed by atoms with Gasteiger partial charge in [-0.15, -0.1) is 0 Å². The lowest BCUT2D eigenvalue weighted by Crippen LogP contribution is -2.63. The van der Waals surface area contributed by atoms with Gasteiger partial charge in [-0.2, -0.15) is 0 Å². The molecule has 0 spiro atoms. The number of amides is 1. The van der Waals surface area contributed by atoms with Crippen molar-refractivity contribution in [2.75, 3.05) is 0 Å². The summed E-state index contributed by atoms with van der Waals surface area (Å²) in [6.07, 6.45) is 7.05. The molecule has 1 aromatic heterocycles. The molecule has 8 heteroatoms. The van der Waals surface area contributed by atoms with Gasteiger partial charge in [0.25, 0.3) is 11.7 Å². The Labute approximate surface area is 201 Å². The molecule has 2 aliphatic carbocycles. The quantitative estimate of drug-likeness (QED) is 0.539. The Balaban J connectivity index is 1.51. The van der Waals surface area contributed by atoms with E-state index in [1.165, 1.54) is 0 Å². The molecule has 6 rings (SSSR count). The fourth-order valence-electron chi connectivity index (χ4n) is 5.33. The predicted octanol–water partition coefficient (Wildman–Crippen LogP) is 2.63. The summed E-state index contributed by atoms with van der Waals surface area (Å²) >= 11 is 0. The number of nitrogens with one attached hydrogen (secondary N) is 1. The molecule has 3 unspecified atom stereocenters. The minimum atomic E-state index is -2.13. The highest BCUT2D eigenvalue weighted by Crippen LogP contribution is 2.57. The van der Waals surface area contributed by atoms with E-state index in [4.69, 9.17) is 10.5 Å². The second-order valence-corrected chi connectivity index (χ2v) is 9.52. The Bertz CT molecular complexity index is 1490. The van der Waals surface area contributed by atoms with Crippen LogP contribution >= 0.6 is 0 Å².